The van der Waals surface area contributed by atoms with E-state index in [9.17, 15) is 4.39 Å². The Kier molecular flexibility index (Phi) is 4.58. The average molecular weight is 403 g/mol. The minimum absolute atomic E-state index is 0.187. The molecule has 7 heteroatoms. The van der Waals surface area contributed by atoms with Gasteiger partial charge < -0.3 is 14.3 Å². The molecule has 0 N–H and O–H groups in total. The molecule has 1 aliphatic heterocycles. The van der Waals surface area contributed by atoms with Gasteiger partial charge in [-0.2, -0.15) is 4.98 Å². The largest absolute Gasteiger partial charge is 0.366 e. The first kappa shape index (κ1) is 18.5. The molecule has 3 heterocycles. The third kappa shape index (κ3) is 3.36. The molecule has 1 saturated heterocycles. The Morgan fingerprint density at radius 2 is 1.67 bits per heavy atom. The van der Waals surface area contributed by atoms with Gasteiger partial charge in [-0.25, -0.2) is 9.37 Å². The van der Waals surface area contributed by atoms with Gasteiger partial charge in [0.05, 0.1) is 16.8 Å². The highest BCUT2D eigenvalue weighted by atomic mass is 19.1. The lowest BCUT2D eigenvalue weighted by Gasteiger charge is -2.37. The van der Waals surface area contributed by atoms with Crippen LogP contribution in [0.3, 0.4) is 0 Å². The SMILES string of the molecule is Cc1ccc2nc(N3CCN(c4ccccc4F)CC3)c(-c3noc(C)n3)cc2c1. The maximum atomic E-state index is 14.2. The summed E-state index contributed by atoms with van der Waals surface area (Å²) in [6.07, 6.45) is 0. The van der Waals surface area contributed by atoms with Gasteiger partial charge >= 0.3 is 0 Å². The summed E-state index contributed by atoms with van der Waals surface area (Å²) < 4.78 is 19.4. The first-order valence-electron chi connectivity index (χ1n) is 10.0. The average Bonchev–Trinajstić information content (AvgIpc) is 3.19. The molecule has 0 spiro atoms. The van der Waals surface area contributed by atoms with Crippen molar-refractivity contribution >= 4 is 22.4 Å². The first-order chi connectivity index (χ1) is 14.6. The van der Waals surface area contributed by atoms with Gasteiger partial charge in [-0.15, -0.1) is 0 Å². The summed E-state index contributed by atoms with van der Waals surface area (Å²) in [5.41, 5.74) is 3.60. The number of para-hydroxylation sites is 1. The van der Waals surface area contributed by atoms with Crippen molar-refractivity contribution in [2.45, 2.75) is 13.8 Å². The highest BCUT2D eigenvalue weighted by molar-refractivity contribution is 5.88. The zero-order valence-corrected chi connectivity index (χ0v) is 17.0. The predicted molar refractivity (Wildman–Crippen MR) is 115 cm³/mol. The number of anilines is 2. The van der Waals surface area contributed by atoms with E-state index in [1.807, 2.05) is 18.2 Å². The Morgan fingerprint density at radius 1 is 0.900 bits per heavy atom. The smallest absolute Gasteiger partial charge is 0.223 e. The van der Waals surface area contributed by atoms with Crippen molar-refractivity contribution in [2.75, 3.05) is 36.0 Å². The molecule has 1 fully saturated rings. The lowest BCUT2D eigenvalue weighted by Crippen LogP contribution is -2.47. The van der Waals surface area contributed by atoms with E-state index in [-0.39, 0.29) is 5.82 Å². The molecule has 0 aliphatic carbocycles. The van der Waals surface area contributed by atoms with Gasteiger partial charge in [0.1, 0.15) is 11.6 Å². The maximum Gasteiger partial charge on any atom is 0.223 e. The number of halogens is 1. The molecule has 0 radical (unpaired) electrons. The van der Waals surface area contributed by atoms with E-state index in [2.05, 4.69) is 45.1 Å². The van der Waals surface area contributed by atoms with E-state index >= 15 is 0 Å². The van der Waals surface area contributed by atoms with E-state index in [1.54, 1.807) is 13.0 Å². The summed E-state index contributed by atoms with van der Waals surface area (Å²) in [4.78, 5) is 13.7. The molecular weight excluding hydrogens is 381 g/mol. The fourth-order valence-corrected chi connectivity index (χ4v) is 3.97. The predicted octanol–water partition coefficient (Wildman–Crippen LogP) is 4.37. The van der Waals surface area contributed by atoms with Gasteiger partial charge in [0.2, 0.25) is 11.7 Å². The van der Waals surface area contributed by atoms with Crippen LogP contribution in [0.4, 0.5) is 15.9 Å². The number of hydrogen-bond donors (Lipinski definition) is 0. The van der Waals surface area contributed by atoms with E-state index in [0.29, 0.717) is 30.5 Å². The van der Waals surface area contributed by atoms with Gasteiger partial charge in [0.15, 0.2) is 0 Å². The second kappa shape index (κ2) is 7.40. The van der Waals surface area contributed by atoms with Crippen LogP contribution in [0.1, 0.15) is 11.5 Å². The Hall–Kier alpha value is -3.48. The number of rotatable bonds is 3. The molecule has 0 bridgehead atoms. The van der Waals surface area contributed by atoms with Crippen molar-refractivity contribution in [1.82, 2.24) is 15.1 Å². The van der Waals surface area contributed by atoms with Crippen LogP contribution in [-0.4, -0.2) is 41.3 Å². The van der Waals surface area contributed by atoms with Gasteiger partial charge in [0, 0.05) is 38.5 Å². The molecule has 1 aliphatic rings. The van der Waals surface area contributed by atoms with Crippen molar-refractivity contribution in [2.24, 2.45) is 0 Å². The zero-order chi connectivity index (χ0) is 20.7. The molecule has 0 unspecified atom stereocenters. The van der Waals surface area contributed by atoms with E-state index in [4.69, 9.17) is 9.51 Å². The number of piperazine rings is 1. The lowest BCUT2D eigenvalue weighted by atomic mass is 10.1. The summed E-state index contributed by atoms with van der Waals surface area (Å²) in [5.74, 6) is 1.70. The molecule has 2 aromatic heterocycles. The molecule has 0 saturated carbocycles. The van der Waals surface area contributed by atoms with Gasteiger partial charge in [0.25, 0.3) is 0 Å². The fourth-order valence-electron chi connectivity index (χ4n) is 3.97. The van der Waals surface area contributed by atoms with Crippen LogP contribution < -0.4 is 9.80 Å². The molecule has 6 nitrogen and oxygen atoms in total. The monoisotopic (exact) mass is 403 g/mol. The van der Waals surface area contributed by atoms with Crippen molar-refractivity contribution < 1.29 is 8.91 Å². The summed E-state index contributed by atoms with van der Waals surface area (Å²) in [6.45, 7) is 6.71. The summed E-state index contributed by atoms with van der Waals surface area (Å²) >= 11 is 0. The van der Waals surface area contributed by atoms with Crippen molar-refractivity contribution in [3.63, 3.8) is 0 Å². The number of pyridine rings is 1. The zero-order valence-electron chi connectivity index (χ0n) is 17.0. The Morgan fingerprint density at radius 3 is 2.40 bits per heavy atom. The lowest BCUT2D eigenvalue weighted by molar-refractivity contribution is 0.394. The summed E-state index contributed by atoms with van der Waals surface area (Å²) in [5, 5.41) is 5.17. The van der Waals surface area contributed by atoms with Gasteiger partial charge in [-0.3, -0.25) is 0 Å². The first-order valence-corrected chi connectivity index (χ1v) is 10.0. The Labute approximate surface area is 174 Å². The van der Waals surface area contributed by atoms with Gasteiger partial charge in [-0.05, 0) is 37.3 Å². The molecule has 2 aromatic carbocycles. The molecule has 4 aromatic rings. The van der Waals surface area contributed by atoms with Crippen molar-refractivity contribution in [3.8, 4) is 11.4 Å². The second-order valence-electron chi connectivity index (χ2n) is 7.62. The standard InChI is InChI=1S/C23H22FN5O/c1-15-7-8-20-17(13-15)14-18(22-25-16(2)30-27-22)23(26-20)29-11-9-28(10-12-29)21-6-4-3-5-19(21)24/h3-8,13-14H,9-12H2,1-2H3. The van der Waals surface area contributed by atoms with Crippen molar-refractivity contribution in [3.05, 3.63) is 65.8 Å². The molecule has 30 heavy (non-hydrogen) atoms. The number of hydrogen-bond acceptors (Lipinski definition) is 6. The van der Waals surface area contributed by atoms with Crippen LogP contribution in [0.5, 0.6) is 0 Å². The summed E-state index contributed by atoms with van der Waals surface area (Å²) in [6, 6.07) is 15.2. The van der Waals surface area contributed by atoms with Crippen LogP contribution in [0, 0.1) is 19.7 Å². The molecule has 0 atom stereocenters. The third-order valence-electron chi connectivity index (χ3n) is 5.49. The number of aromatic nitrogens is 3. The number of nitrogens with zero attached hydrogens (tertiary/aromatic N) is 5. The van der Waals surface area contributed by atoms with Crippen molar-refractivity contribution in [1.29, 1.82) is 0 Å². The molecule has 0 amide bonds. The van der Waals surface area contributed by atoms with E-state index < -0.39 is 0 Å². The highest BCUT2D eigenvalue weighted by Crippen LogP contribution is 2.32. The van der Waals surface area contributed by atoms with E-state index in [1.165, 1.54) is 11.6 Å². The number of aryl methyl sites for hydroxylation is 2. The molecule has 152 valence electrons. The van der Waals surface area contributed by atoms with Crippen LogP contribution in [-0.2, 0) is 0 Å². The minimum atomic E-state index is -0.187. The maximum absolute atomic E-state index is 14.2. The van der Waals surface area contributed by atoms with Crippen LogP contribution in [0.15, 0.2) is 53.1 Å². The van der Waals surface area contributed by atoms with Crippen LogP contribution in [0.25, 0.3) is 22.3 Å². The third-order valence-corrected chi connectivity index (χ3v) is 5.49. The second-order valence-corrected chi connectivity index (χ2v) is 7.62. The molecule has 5 rings (SSSR count). The Bertz CT molecular complexity index is 1210. The number of fused-ring (bicyclic) bond motifs is 1. The highest BCUT2D eigenvalue weighted by Gasteiger charge is 2.24. The quantitative estimate of drug-likeness (QED) is 0.506. The fraction of sp³-hybridized carbons (Fsp3) is 0.261. The normalized spacial score (nSPS) is 14.5. The van der Waals surface area contributed by atoms with Gasteiger partial charge in [-0.1, -0.05) is 28.9 Å². The Balaban J connectivity index is 1.50. The number of benzene rings is 2. The summed E-state index contributed by atoms with van der Waals surface area (Å²) in [7, 11) is 0. The molecular formula is C23H22FN5O. The van der Waals surface area contributed by atoms with Crippen LogP contribution >= 0.6 is 0 Å². The topological polar surface area (TPSA) is 58.3 Å². The van der Waals surface area contributed by atoms with Crippen LogP contribution in [0.2, 0.25) is 0 Å². The minimum Gasteiger partial charge on any atom is -0.366 e. The van der Waals surface area contributed by atoms with E-state index in [0.717, 1.165) is 35.4 Å².